The normalized spacial score (nSPS) is 42.2. The van der Waals surface area contributed by atoms with Crippen LogP contribution in [0.1, 0.15) is 79.1 Å². The number of carbonyl (C=O) groups excluding carboxylic acids is 1. The minimum atomic E-state index is -0.135. The Labute approximate surface area is 136 Å². The van der Waals surface area contributed by atoms with E-state index in [0.717, 1.165) is 18.3 Å². The molecule has 4 bridgehead atoms. The Bertz CT molecular complexity index is 386. The second-order valence-corrected chi connectivity index (χ2v) is 8.58. The minimum absolute atomic E-state index is 0.0443. The van der Waals surface area contributed by atoms with Crippen molar-refractivity contribution in [3.8, 4) is 0 Å². The summed E-state index contributed by atoms with van der Waals surface area (Å²) in [5, 5.41) is 0. The molecule has 0 N–H and O–H groups in total. The van der Waals surface area contributed by atoms with Gasteiger partial charge in [-0.05, 0) is 74.5 Å². The number of hydrogen-bond acceptors (Lipinski definition) is 2. The highest BCUT2D eigenvalue weighted by Gasteiger charge is 2.61. The lowest BCUT2D eigenvalue weighted by molar-refractivity contribution is -0.230. The fourth-order valence-corrected chi connectivity index (χ4v) is 6.09. The van der Waals surface area contributed by atoms with Gasteiger partial charge in [-0.25, -0.2) is 0 Å². The third kappa shape index (κ3) is 2.51. The van der Waals surface area contributed by atoms with E-state index in [4.69, 9.17) is 4.74 Å². The van der Waals surface area contributed by atoms with Crippen LogP contribution in [0.25, 0.3) is 0 Å². The molecule has 0 aliphatic heterocycles. The third-order valence-corrected chi connectivity index (χ3v) is 7.20. The van der Waals surface area contributed by atoms with Crippen molar-refractivity contribution in [2.45, 2.75) is 84.7 Å². The Balaban J connectivity index is 1.88. The molecule has 0 aromatic carbocycles. The van der Waals surface area contributed by atoms with E-state index in [-0.39, 0.29) is 17.5 Å². The molecule has 4 rings (SSSR count). The van der Waals surface area contributed by atoms with E-state index >= 15 is 0 Å². The number of ether oxygens (including phenoxy) is 1. The Morgan fingerprint density at radius 1 is 1.05 bits per heavy atom. The highest BCUT2D eigenvalue weighted by Crippen LogP contribution is 2.62. The van der Waals surface area contributed by atoms with Crippen LogP contribution < -0.4 is 0 Å². The zero-order valence-electron chi connectivity index (χ0n) is 14.9. The van der Waals surface area contributed by atoms with Crippen molar-refractivity contribution in [1.29, 1.82) is 0 Å². The highest BCUT2D eigenvalue weighted by atomic mass is 16.6. The van der Waals surface area contributed by atoms with Gasteiger partial charge in [-0.15, -0.1) is 0 Å². The van der Waals surface area contributed by atoms with Crippen LogP contribution >= 0.6 is 0 Å². The predicted molar refractivity (Wildman–Crippen MR) is 89.4 cm³/mol. The van der Waals surface area contributed by atoms with Gasteiger partial charge in [0.25, 0.3) is 0 Å². The molecule has 2 heteroatoms. The first-order valence-electron chi connectivity index (χ1n) is 9.73. The molecule has 2 atom stereocenters. The molecule has 0 aromatic rings. The molecule has 4 aliphatic rings. The zero-order chi connectivity index (χ0) is 15.9. The van der Waals surface area contributed by atoms with E-state index in [0.29, 0.717) is 17.8 Å². The first-order chi connectivity index (χ1) is 10.5. The summed E-state index contributed by atoms with van der Waals surface area (Å²) in [7, 11) is 0. The van der Waals surface area contributed by atoms with Crippen LogP contribution in [-0.2, 0) is 9.53 Å². The van der Waals surface area contributed by atoms with Gasteiger partial charge < -0.3 is 4.74 Å². The van der Waals surface area contributed by atoms with E-state index in [1.165, 1.54) is 44.9 Å². The van der Waals surface area contributed by atoms with Crippen molar-refractivity contribution >= 4 is 5.97 Å². The lowest BCUT2D eigenvalue weighted by atomic mass is 9.47. The number of hydrogen-bond donors (Lipinski definition) is 0. The van der Waals surface area contributed by atoms with Crippen molar-refractivity contribution in [2.24, 2.45) is 35.5 Å². The lowest BCUT2D eigenvalue weighted by Crippen LogP contribution is -2.63. The van der Waals surface area contributed by atoms with Crippen LogP contribution in [0.2, 0.25) is 0 Å². The molecular weight excluding hydrogens is 272 g/mol. The minimum Gasteiger partial charge on any atom is -0.458 e. The average Bonchev–Trinajstić information content (AvgIpc) is 2.49. The number of carbonyl (C=O) groups is 1. The van der Waals surface area contributed by atoms with Crippen LogP contribution in [-0.4, -0.2) is 11.6 Å². The lowest BCUT2D eigenvalue weighted by Gasteiger charge is -2.62. The van der Waals surface area contributed by atoms with Crippen molar-refractivity contribution in [1.82, 2.24) is 0 Å². The quantitative estimate of drug-likeness (QED) is 0.630. The van der Waals surface area contributed by atoms with Gasteiger partial charge in [-0.1, -0.05) is 34.1 Å². The molecule has 0 saturated heterocycles. The van der Waals surface area contributed by atoms with Crippen molar-refractivity contribution < 1.29 is 9.53 Å². The SMILES string of the molecule is CCCC(C)C1(OC(=O)C(C)CC)C2CC3CC(C2)CC1C3. The number of rotatable bonds is 6. The molecule has 2 unspecified atom stereocenters. The largest absolute Gasteiger partial charge is 0.458 e. The molecule has 0 amide bonds. The first-order valence-corrected chi connectivity index (χ1v) is 9.73. The van der Waals surface area contributed by atoms with Crippen LogP contribution in [0.5, 0.6) is 0 Å². The van der Waals surface area contributed by atoms with Gasteiger partial charge in [0.15, 0.2) is 0 Å². The molecule has 0 aromatic heterocycles. The first kappa shape index (κ1) is 16.3. The topological polar surface area (TPSA) is 26.3 Å². The van der Waals surface area contributed by atoms with Crippen molar-refractivity contribution in [3.63, 3.8) is 0 Å². The molecule has 4 fully saturated rings. The fourth-order valence-electron chi connectivity index (χ4n) is 6.09. The Morgan fingerprint density at radius 2 is 1.59 bits per heavy atom. The van der Waals surface area contributed by atoms with Crippen LogP contribution in [0, 0.1) is 35.5 Å². The Morgan fingerprint density at radius 3 is 2.05 bits per heavy atom. The van der Waals surface area contributed by atoms with Crippen LogP contribution in [0.3, 0.4) is 0 Å². The van der Waals surface area contributed by atoms with Gasteiger partial charge in [0.05, 0.1) is 5.92 Å². The van der Waals surface area contributed by atoms with E-state index in [2.05, 4.69) is 20.8 Å². The summed E-state index contributed by atoms with van der Waals surface area (Å²) in [5.41, 5.74) is -0.135. The standard InChI is InChI=1S/C20H34O2/c1-5-7-14(4)20(22-19(21)13(3)6-2)17-9-15-8-16(11-17)12-18(20)10-15/h13-18H,5-12H2,1-4H3. The van der Waals surface area contributed by atoms with Gasteiger partial charge in [0.1, 0.15) is 5.60 Å². The van der Waals surface area contributed by atoms with Gasteiger partial charge in [0, 0.05) is 0 Å². The summed E-state index contributed by atoms with van der Waals surface area (Å²) in [6, 6.07) is 0. The summed E-state index contributed by atoms with van der Waals surface area (Å²) >= 11 is 0. The summed E-state index contributed by atoms with van der Waals surface area (Å²) in [6.45, 7) is 8.73. The average molecular weight is 306 g/mol. The van der Waals surface area contributed by atoms with Crippen LogP contribution in [0.15, 0.2) is 0 Å². The highest BCUT2D eigenvalue weighted by molar-refractivity contribution is 5.72. The van der Waals surface area contributed by atoms with Crippen LogP contribution in [0.4, 0.5) is 0 Å². The predicted octanol–water partition coefficient (Wildman–Crippen LogP) is 5.21. The maximum Gasteiger partial charge on any atom is 0.309 e. The molecule has 4 aliphatic carbocycles. The maximum atomic E-state index is 12.7. The molecule has 4 saturated carbocycles. The van der Waals surface area contributed by atoms with Gasteiger partial charge in [-0.2, -0.15) is 0 Å². The van der Waals surface area contributed by atoms with Gasteiger partial charge in [0.2, 0.25) is 0 Å². The summed E-state index contributed by atoms with van der Waals surface area (Å²) < 4.78 is 6.44. The summed E-state index contributed by atoms with van der Waals surface area (Å²) in [4.78, 5) is 12.7. The van der Waals surface area contributed by atoms with E-state index in [9.17, 15) is 4.79 Å². The van der Waals surface area contributed by atoms with Gasteiger partial charge in [-0.3, -0.25) is 4.79 Å². The second kappa shape index (κ2) is 6.17. The Kier molecular flexibility index (Phi) is 4.58. The zero-order valence-corrected chi connectivity index (χ0v) is 14.9. The fraction of sp³-hybridized carbons (Fsp3) is 0.950. The molecule has 22 heavy (non-hydrogen) atoms. The maximum absolute atomic E-state index is 12.7. The smallest absolute Gasteiger partial charge is 0.309 e. The Hall–Kier alpha value is -0.530. The number of esters is 1. The van der Waals surface area contributed by atoms with E-state index in [1.54, 1.807) is 0 Å². The molecular formula is C20H34O2. The second-order valence-electron chi connectivity index (χ2n) is 8.58. The molecule has 0 spiro atoms. The molecule has 0 radical (unpaired) electrons. The van der Waals surface area contributed by atoms with Crippen molar-refractivity contribution in [3.05, 3.63) is 0 Å². The summed E-state index contributed by atoms with van der Waals surface area (Å²) in [6.07, 6.45) is 9.97. The summed E-state index contributed by atoms with van der Waals surface area (Å²) in [5.74, 6) is 3.75. The molecule has 2 nitrogen and oxygen atoms in total. The molecule has 126 valence electrons. The van der Waals surface area contributed by atoms with Crippen molar-refractivity contribution in [2.75, 3.05) is 0 Å². The van der Waals surface area contributed by atoms with Gasteiger partial charge >= 0.3 is 5.97 Å². The van der Waals surface area contributed by atoms with E-state index < -0.39 is 0 Å². The third-order valence-electron chi connectivity index (χ3n) is 7.20. The van der Waals surface area contributed by atoms with E-state index in [1.807, 2.05) is 6.92 Å². The molecule has 0 heterocycles. The monoisotopic (exact) mass is 306 g/mol.